The smallest absolute Gasteiger partial charge is 0.296 e. The van der Waals surface area contributed by atoms with Gasteiger partial charge in [-0.3, -0.25) is 9.59 Å². The topological polar surface area (TPSA) is 80.0 Å². The number of ether oxygens (including phenoxy) is 1. The van der Waals surface area contributed by atoms with Gasteiger partial charge >= 0.3 is 0 Å². The van der Waals surface area contributed by atoms with Crippen molar-refractivity contribution in [1.82, 2.24) is 4.90 Å². The average molecular weight is 438 g/mol. The highest BCUT2D eigenvalue weighted by atomic mass is 35.5. The maximum atomic E-state index is 13.0. The number of aliphatic hydroxyl groups is 1. The molecule has 1 amide bonds. The largest absolute Gasteiger partial charge is 0.507 e. The van der Waals surface area contributed by atoms with Crippen molar-refractivity contribution in [3.63, 3.8) is 0 Å². The van der Waals surface area contributed by atoms with Gasteiger partial charge in [0, 0.05) is 10.6 Å². The zero-order chi connectivity index (χ0) is 22.0. The van der Waals surface area contributed by atoms with Crippen molar-refractivity contribution in [2.75, 3.05) is 6.61 Å². The van der Waals surface area contributed by atoms with Gasteiger partial charge in [-0.05, 0) is 61.0 Å². The number of Topliss-reactive ketones (excluding diaryl/α,β-unsaturated/α-hetero) is 1. The molecule has 3 aromatic rings. The van der Waals surface area contributed by atoms with Gasteiger partial charge in [0.1, 0.15) is 17.3 Å². The summed E-state index contributed by atoms with van der Waals surface area (Å²) in [6.07, 6.45) is 1.51. The number of amides is 1. The maximum Gasteiger partial charge on any atom is 0.296 e. The lowest BCUT2D eigenvalue weighted by Gasteiger charge is -2.24. The molecule has 1 aliphatic heterocycles. The lowest BCUT2D eigenvalue weighted by molar-refractivity contribution is -0.140. The van der Waals surface area contributed by atoms with E-state index < -0.39 is 17.7 Å². The molecule has 1 aromatic heterocycles. The highest BCUT2D eigenvalue weighted by Gasteiger charge is 2.46. The van der Waals surface area contributed by atoms with Gasteiger partial charge in [-0.2, -0.15) is 0 Å². The first-order chi connectivity index (χ1) is 15.0. The van der Waals surface area contributed by atoms with Crippen LogP contribution in [0.2, 0.25) is 5.02 Å². The second-order valence-electron chi connectivity index (χ2n) is 7.02. The van der Waals surface area contributed by atoms with Gasteiger partial charge in [0.15, 0.2) is 0 Å². The van der Waals surface area contributed by atoms with Crippen LogP contribution in [0.1, 0.15) is 29.9 Å². The number of likely N-dealkylation sites (tertiary alicyclic amines) is 1. The van der Waals surface area contributed by atoms with Crippen LogP contribution in [0.3, 0.4) is 0 Å². The minimum atomic E-state index is -0.781. The molecule has 1 N–H and O–H groups in total. The molecule has 2 heterocycles. The summed E-state index contributed by atoms with van der Waals surface area (Å²) in [7, 11) is 0. The molecule has 0 saturated carbocycles. The zero-order valence-corrected chi connectivity index (χ0v) is 17.5. The third-order valence-corrected chi connectivity index (χ3v) is 5.32. The Labute approximate surface area is 184 Å². The van der Waals surface area contributed by atoms with Crippen LogP contribution in [0, 0.1) is 0 Å². The van der Waals surface area contributed by atoms with Crippen molar-refractivity contribution in [2.24, 2.45) is 0 Å². The van der Waals surface area contributed by atoms with E-state index in [1.54, 1.807) is 60.7 Å². The summed E-state index contributed by atoms with van der Waals surface area (Å²) in [5, 5.41) is 11.5. The van der Waals surface area contributed by atoms with E-state index in [4.69, 9.17) is 20.8 Å². The van der Waals surface area contributed by atoms with E-state index in [-0.39, 0.29) is 17.9 Å². The monoisotopic (exact) mass is 437 g/mol. The molecule has 0 spiro atoms. The molecule has 1 aliphatic rings. The van der Waals surface area contributed by atoms with Gasteiger partial charge in [0.2, 0.25) is 0 Å². The van der Waals surface area contributed by atoms with Crippen molar-refractivity contribution in [1.29, 1.82) is 0 Å². The van der Waals surface area contributed by atoms with Crippen LogP contribution >= 0.6 is 11.6 Å². The standard InChI is InChI=1S/C24H20ClNO5/c1-2-30-18-11-7-15(8-12-18)21-20(22(27)16-5-9-17(25)10-6-16)23(28)24(29)26(21)14-19-4-3-13-31-19/h3-13,21,27H,2,14H2,1H3/b22-20-. The van der Waals surface area contributed by atoms with Gasteiger partial charge in [0.05, 0.1) is 31.0 Å². The molecule has 1 saturated heterocycles. The summed E-state index contributed by atoms with van der Waals surface area (Å²) < 4.78 is 10.9. The number of hydrogen-bond donors (Lipinski definition) is 1. The molecule has 1 unspecified atom stereocenters. The molecule has 31 heavy (non-hydrogen) atoms. The lowest BCUT2D eigenvalue weighted by Crippen LogP contribution is -2.29. The Morgan fingerprint density at radius 1 is 1.10 bits per heavy atom. The first-order valence-corrected chi connectivity index (χ1v) is 10.2. The second-order valence-corrected chi connectivity index (χ2v) is 7.45. The predicted molar refractivity (Wildman–Crippen MR) is 116 cm³/mol. The third kappa shape index (κ3) is 4.07. The number of hydrogen-bond acceptors (Lipinski definition) is 5. The van der Waals surface area contributed by atoms with Crippen LogP contribution in [0.15, 0.2) is 76.9 Å². The van der Waals surface area contributed by atoms with E-state index in [9.17, 15) is 14.7 Å². The normalized spacial score (nSPS) is 17.9. The van der Waals surface area contributed by atoms with Gasteiger partial charge in [-0.25, -0.2) is 0 Å². The SMILES string of the molecule is CCOc1ccc(C2/C(=C(/O)c3ccc(Cl)cc3)C(=O)C(=O)N2Cc2ccco2)cc1. The van der Waals surface area contributed by atoms with E-state index in [1.165, 1.54) is 11.2 Å². The summed E-state index contributed by atoms with van der Waals surface area (Å²) in [6, 6.07) is 16.2. The van der Waals surface area contributed by atoms with Crippen LogP contribution in [0.4, 0.5) is 0 Å². The first-order valence-electron chi connectivity index (χ1n) is 9.79. The summed E-state index contributed by atoms with van der Waals surface area (Å²) >= 11 is 5.95. The molecule has 1 atom stereocenters. The van der Waals surface area contributed by atoms with Crippen molar-refractivity contribution in [2.45, 2.75) is 19.5 Å². The minimum Gasteiger partial charge on any atom is -0.507 e. The van der Waals surface area contributed by atoms with E-state index in [0.29, 0.717) is 34.3 Å². The molecule has 1 fully saturated rings. The van der Waals surface area contributed by atoms with Crippen molar-refractivity contribution >= 4 is 29.1 Å². The Hall–Kier alpha value is -3.51. The molecule has 2 aromatic carbocycles. The van der Waals surface area contributed by atoms with Crippen LogP contribution in [0.25, 0.3) is 5.76 Å². The highest BCUT2D eigenvalue weighted by molar-refractivity contribution is 6.46. The minimum absolute atomic E-state index is 0.0167. The molecular weight excluding hydrogens is 418 g/mol. The second kappa shape index (κ2) is 8.70. The number of carbonyl (C=O) groups excluding carboxylic acids is 2. The molecule has 0 radical (unpaired) electrons. The highest BCUT2D eigenvalue weighted by Crippen LogP contribution is 2.40. The van der Waals surface area contributed by atoms with Crippen LogP contribution in [0.5, 0.6) is 5.75 Å². The molecule has 0 bridgehead atoms. The summed E-state index contributed by atoms with van der Waals surface area (Å²) in [5.74, 6) is -0.504. The van der Waals surface area contributed by atoms with E-state index in [0.717, 1.165) is 0 Å². The Balaban J connectivity index is 1.82. The average Bonchev–Trinajstić information content (AvgIpc) is 3.37. The van der Waals surface area contributed by atoms with Gasteiger partial charge in [-0.15, -0.1) is 0 Å². The first kappa shape index (κ1) is 20.8. The number of nitrogens with zero attached hydrogens (tertiary/aromatic N) is 1. The summed E-state index contributed by atoms with van der Waals surface area (Å²) in [6.45, 7) is 2.50. The fourth-order valence-electron chi connectivity index (χ4n) is 3.64. The number of aliphatic hydroxyl groups excluding tert-OH is 1. The molecular formula is C24H20ClNO5. The van der Waals surface area contributed by atoms with Gasteiger partial charge in [0.25, 0.3) is 11.7 Å². The molecule has 4 rings (SSSR count). The van der Waals surface area contributed by atoms with Crippen molar-refractivity contribution in [3.05, 3.63) is 94.4 Å². The third-order valence-electron chi connectivity index (χ3n) is 5.07. The fraction of sp³-hybridized carbons (Fsp3) is 0.167. The van der Waals surface area contributed by atoms with Gasteiger partial charge in [-0.1, -0.05) is 23.7 Å². The Morgan fingerprint density at radius 3 is 2.42 bits per heavy atom. The number of rotatable bonds is 6. The number of carbonyl (C=O) groups is 2. The van der Waals surface area contributed by atoms with Crippen molar-refractivity contribution in [3.8, 4) is 5.75 Å². The number of benzene rings is 2. The van der Waals surface area contributed by atoms with Crippen LogP contribution in [-0.4, -0.2) is 28.3 Å². The number of halogens is 1. The lowest BCUT2D eigenvalue weighted by atomic mass is 9.95. The fourth-order valence-corrected chi connectivity index (χ4v) is 3.76. The summed E-state index contributed by atoms with van der Waals surface area (Å²) in [4.78, 5) is 27.3. The molecule has 0 aliphatic carbocycles. The quantitative estimate of drug-likeness (QED) is 0.335. The molecule has 6 nitrogen and oxygen atoms in total. The molecule has 7 heteroatoms. The zero-order valence-electron chi connectivity index (χ0n) is 16.7. The predicted octanol–water partition coefficient (Wildman–Crippen LogP) is 4.95. The van der Waals surface area contributed by atoms with Gasteiger partial charge < -0.3 is 19.2 Å². The van der Waals surface area contributed by atoms with E-state index in [1.807, 2.05) is 6.92 Å². The Morgan fingerprint density at radius 2 is 1.81 bits per heavy atom. The maximum absolute atomic E-state index is 13.0. The Kier molecular flexibility index (Phi) is 5.82. The summed E-state index contributed by atoms with van der Waals surface area (Å²) in [5.41, 5.74) is 1.09. The Bertz CT molecular complexity index is 1120. The number of ketones is 1. The van der Waals surface area contributed by atoms with Crippen LogP contribution in [-0.2, 0) is 16.1 Å². The van der Waals surface area contributed by atoms with Crippen molar-refractivity contribution < 1.29 is 23.8 Å². The van der Waals surface area contributed by atoms with E-state index in [2.05, 4.69) is 0 Å². The van der Waals surface area contributed by atoms with E-state index >= 15 is 0 Å². The van der Waals surface area contributed by atoms with Crippen LogP contribution < -0.4 is 4.74 Å². The molecule has 158 valence electrons. The number of furan rings is 1.